The van der Waals surface area contributed by atoms with Gasteiger partial charge in [0.2, 0.25) is 16.9 Å². The summed E-state index contributed by atoms with van der Waals surface area (Å²) >= 11 is 1.36. The molecule has 0 spiro atoms. The molecule has 2 amide bonds. The molecule has 0 unspecified atom stereocenters. The van der Waals surface area contributed by atoms with Crippen molar-refractivity contribution in [3.8, 4) is 0 Å². The molecule has 2 aliphatic heterocycles. The fourth-order valence-corrected chi connectivity index (χ4v) is 4.88. The summed E-state index contributed by atoms with van der Waals surface area (Å²) in [6.45, 7) is 1.42. The largest absolute Gasteiger partial charge is 0.388 e. The number of anilines is 1. The van der Waals surface area contributed by atoms with Crippen molar-refractivity contribution in [3.63, 3.8) is 0 Å². The van der Waals surface area contributed by atoms with E-state index >= 15 is 0 Å². The molecular weight excluding hydrogens is 366 g/mol. The fraction of sp³-hybridized carbons (Fsp3) is 0.778. The molecule has 0 radical (unpaired) electrons. The molecule has 3 fully saturated rings. The number of hydrogen-bond donors (Lipinski definition) is 3. The number of hydrogen-bond acceptors (Lipinski definition) is 7. The van der Waals surface area contributed by atoms with Gasteiger partial charge >= 0.3 is 0 Å². The van der Waals surface area contributed by atoms with E-state index in [1.54, 1.807) is 4.90 Å². The predicted molar refractivity (Wildman–Crippen MR) is 102 cm³/mol. The molecule has 1 aromatic rings. The maximum absolute atomic E-state index is 12.5. The lowest BCUT2D eigenvalue weighted by Gasteiger charge is -2.39. The predicted octanol–water partition coefficient (Wildman–Crippen LogP) is 1.24. The Morgan fingerprint density at radius 1 is 1.30 bits per heavy atom. The summed E-state index contributed by atoms with van der Waals surface area (Å²) in [4.78, 5) is 30.1. The van der Waals surface area contributed by atoms with Crippen LogP contribution < -0.4 is 10.6 Å². The number of aromatic nitrogens is 2. The average molecular weight is 394 g/mol. The van der Waals surface area contributed by atoms with Gasteiger partial charge in [-0.2, -0.15) is 4.37 Å². The zero-order valence-electron chi connectivity index (χ0n) is 15.4. The topological polar surface area (TPSA) is 107 Å². The minimum Gasteiger partial charge on any atom is -0.388 e. The van der Waals surface area contributed by atoms with Crippen LogP contribution in [-0.4, -0.2) is 62.5 Å². The molecule has 3 N–H and O–H groups in total. The second-order valence-electron chi connectivity index (χ2n) is 8.00. The summed E-state index contributed by atoms with van der Waals surface area (Å²) < 4.78 is 4.47. The lowest BCUT2D eigenvalue weighted by Crippen LogP contribution is -2.53. The van der Waals surface area contributed by atoms with E-state index < -0.39 is 11.6 Å². The third kappa shape index (κ3) is 4.24. The summed E-state index contributed by atoms with van der Waals surface area (Å²) in [6, 6.07) is -0.391. The lowest BCUT2D eigenvalue weighted by atomic mass is 9.91. The summed E-state index contributed by atoms with van der Waals surface area (Å²) in [7, 11) is 0. The molecule has 3 aliphatic rings. The van der Waals surface area contributed by atoms with Gasteiger partial charge in [0.15, 0.2) is 0 Å². The van der Waals surface area contributed by atoms with Crippen LogP contribution in [0.2, 0.25) is 0 Å². The van der Waals surface area contributed by atoms with E-state index in [2.05, 4.69) is 20.0 Å². The second kappa shape index (κ2) is 7.71. The van der Waals surface area contributed by atoms with Crippen LogP contribution in [0.25, 0.3) is 0 Å². The van der Waals surface area contributed by atoms with Crippen LogP contribution in [0.4, 0.5) is 5.13 Å². The van der Waals surface area contributed by atoms with E-state index in [0.717, 1.165) is 11.0 Å². The van der Waals surface area contributed by atoms with Crippen molar-refractivity contribution in [1.82, 2.24) is 19.6 Å². The smallest absolute Gasteiger partial charge is 0.245 e. The maximum Gasteiger partial charge on any atom is 0.245 e. The first kappa shape index (κ1) is 18.6. The van der Waals surface area contributed by atoms with Crippen molar-refractivity contribution in [3.05, 3.63) is 5.82 Å². The zero-order valence-corrected chi connectivity index (χ0v) is 16.3. The van der Waals surface area contributed by atoms with Gasteiger partial charge in [-0.3, -0.25) is 9.59 Å². The van der Waals surface area contributed by atoms with Crippen molar-refractivity contribution in [2.75, 3.05) is 25.0 Å². The Morgan fingerprint density at radius 3 is 2.70 bits per heavy atom. The van der Waals surface area contributed by atoms with Crippen LogP contribution >= 0.6 is 11.5 Å². The molecule has 8 nitrogen and oxygen atoms in total. The van der Waals surface area contributed by atoms with Crippen molar-refractivity contribution < 1.29 is 14.7 Å². The van der Waals surface area contributed by atoms with Gasteiger partial charge in [0.1, 0.15) is 11.9 Å². The summed E-state index contributed by atoms with van der Waals surface area (Å²) in [6.07, 6.45) is 6.87. The first-order valence-corrected chi connectivity index (χ1v) is 10.7. The van der Waals surface area contributed by atoms with Crippen molar-refractivity contribution >= 4 is 28.5 Å². The monoisotopic (exact) mass is 393 g/mol. The van der Waals surface area contributed by atoms with Gasteiger partial charge in [-0.1, -0.05) is 12.8 Å². The molecule has 3 heterocycles. The van der Waals surface area contributed by atoms with E-state index in [9.17, 15) is 14.7 Å². The maximum atomic E-state index is 12.5. The van der Waals surface area contributed by atoms with Crippen LogP contribution in [0.15, 0.2) is 0 Å². The van der Waals surface area contributed by atoms with Gasteiger partial charge in [-0.05, 0) is 32.1 Å². The minimum atomic E-state index is -0.852. The van der Waals surface area contributed by atoms with Gasteiger partial charge in [0, 0.05) is 43.5 Å². The van der Waals surface area contributed by atoms with Crippen LogP contribution in [0, 0.1) is 0 Å². The molecule has 0 aromatic carbocycles. The molecular formula is C18H27N5O3S. The Kier molecular flexibility index (Phi) is 5.32. The fourth-order valence-electron chi connectivity index (χ4n) is 4.24. The third-order valence-corrected chi connectivity index (χ3v) is 6.72. The van der Waals surface area contributed by atoms with Gasteiger partial charge in [-0.15, -0.1) is 0 Å². The van der Waals surface area contributed by atoms with E-state index in [-0.39, 0.29) is 11.8 Å². The molecule has 4 rings (SSSR count). The van der Waals surface area contributed by atoms with Crippen LogP contribution in [-0.2, 0) is 9.59 Å². The summed E-state index contributed by atoms with van der Waals surface area (Å²) in [5, 5.41) is 17.6. The molecule has 148 valence electrons. The zero-order chi connectivity index (χ0) is 18.9. The molecule has 2 saturated heterocycles. The van der Waals surface area contributed by atoms with Crippen molar-refractivity contribution in [2.24, 2.45) is 0 Å². The van der Waals surface area contributed by atoms with Crippen LogP contribution in [0.3, 0.4) is 0 Å². The first-order chi connectivity index (χ1) is 13.0. The normalized spacial score (nSPS) is 25.6. The summed E-state index contributed by atoms with van der Waals surface area (Å²) in [5.41, 5.74) is -0.852. The van der Waals surface area contributed by atoms with Crippen LogP contribution in [0.1, 0.15) is 63.1 Å². The molecule has 9 heteroatoms. The number of nitrogens with zero attached hydrogens (tertiary/aromatic N) is 3. The number of nitrogens with one attached hydrogen (secondary N) is 2. The van der Waals surface area contributed by atoms with E-state index in [0.29, 0.717) is 51.2 Å². The molecule has 1 aromatic heterocycles. The molecule has 0 bridgehead atoms. The van der Waals surface area contributed by atoms with Gasteiger partial charge in [-0.25, -0.2) is 4.98 Å². The number of piperidine rings is 1. The highest BCUT2D eigenvalue weighted by molar-refractivity contribution is 7.09. The highest BCUT2D eigenvalue weighted by Gasteiger charge is 2.37. The van der Waals surface area contributed by atoms with E-state index in [1.165, 1.54) is 37.2 Å². The Bertz CT molecular complexity index is 695. The van der Waals surface area contributed by atoms with E-state index in [1.807, 2.05) is 0 Å². The lowest BCUT2D eigenvalue weighted by molar-refractivity contribution is -0.138. The second-order valence-corrected chi connectivity index (χ2v) is 8.75. The third-order valence-electron chi connectivity index (χ3n) is 6.03. The number of carbonyl (C=O) groups excluding carboxylic acids is 2. The Hall–Kier alpha value is -1.74. The Balaban J connectivity index is 1.25. The highest BCUT2D eigenvalue weighted by atomic mass is 32.1. The number of carbonyl (C=O) groups is 2. The average Bonchev–Trinajstić information content (AvgIpc) is 3.41. The standard InChI is InChI=1S/C18H27N5O3S/c24-14-6-5-13(20-14)16(25)23-9-7-18(26,8-10-23)11-19-17-21-15(22-27-17)12-3-1-2-4-12/h12-13,26H,1-11H2,(H,20,24)(H,19,21,22)/t13-/m1/s1. The number of rotatable bonds is 5. The number of likely N-dealkylation sites (tertiary alicyclic amines) is 1. The Labute approximate surface area is 162 Å². The highest BCUT2D eigenvalue weighted by Crippen LogP contribution is 2.34. The van der Waals surface area contributed by atoms with E-state index in [4.69, 9.17) is 0 Å². The van der Waals surface area contributed by atoms with Crippen LogP contribution in [0.5, 0.6) is 0 Å². The first-order valence-electron chi connectivity index (χ1n) is 9.90. The van der Waals surface area contributed by atoms with Gasteiger partial charge < -0.3 is 20.6 Å². The minimum absolute atomic E-state index is 0.0267. The van der Waals surface area contributed by atoms with Crippen molar-refractivity contribution in [1.29, 1.82) is 0 Å². The van der Waals surface area contributed by atoms with Crippen molar-refractivity contribution in [2.45, 2.75) is 68.9 Å². The van der Waals surface area contributed by atoms with Gasteiger partial charge in [0.05, 0.1) is 5.60 Å². The molecule has 1 aliphatic carbocycles. The SMILES string of the molecule is O=C1CC[C@H](C(=O)N2CCC(O)(CNc3nc(C4CCCC4)ns3)CC2)N1. The summed E-state index contributed by atoms with van der Waals surface area (Å²) in [5.74, 6) is 1.34. The number of amides is 2. The Morgan fingerprint density at radius 2 is 2.04 bits per heavy atom. The quantitative estimate of drug-likeness (QED) is 0.695. The molecule has 1 saturated carbocycles. The molecule has 1 atom stereocenters. The molecule has 27 heavy (non-hydrogen) atoms. The number of aliphatic hydroxyl groups is 1. The van der Waals surface area contributed by atoms with Gasteiger partial charge in [0.25, 0.3) is 0 Å².